The van der Waals surface area contributed by atoms with Gasteiger partial charge >= 0.3 is 12.0 Å². The zero-order valence-corrected chi connectivity index (χ0v) is 12.3. The molecule has 2 aromatic carbocycles. The maximum absolute atomic E-state index is 12.1. The molecule has 0 saturated carbocycles. The Hall–Kier alpha value is -2.82. The number of carbonyl (C=O) groups is 2. The van der Waals surface area contributed by atoms with Gasteiger partial charge in [0.25, 0.3) is 0 Å². The molecule has 22 heavy (non-hydrogen) atoms. The molecule has 2 aromatic rings. The molecular formula is C17H16N2O3. The number of hydrogen-bond acceptors (Lipinski definition) is 3. The Bertz CT molecular complexity index is 795. The van der Waals surface area contributed by atoms with Crippen LogP contribution in [-0.4, -0.2) is 19.1 Å². The van der Waals surface area contributed by atoms with Crippen molar-refractivity contribution >= 4 is 22.8 Å². The molecule has 0 fully saturated rings. The number of urea groups is 1. The number of amides is 2. The van der Waals surface area contributed by atoms with Crippen LogP contribution in [-0.2, 0) is 9.53 Å². The first kappa shape index (κ1) is 14.1. The minimum atomic E-state index is -0.522. The highest BCUT2D eigenvalue weighted by atomic mass is 16.5. The Morgan fingerprint density at radius 3 is 2.59 bits per heavy atom. The van der Waals surface area contributed by atoms with Gasteiger partial charge in [0.2, 0.25) is 0 Å². The zero-order chi connectivity index (χ0) is 15.7. The number of hydrogen-bond donors (Lipinski definition) is 2. The van der Waals surface area contributed by atoms with E-state index in [4.69, 9.17) is 4.74 Å². The fourth-order valence-corrected chi connectivity index (χ4v) is 2.71. The van der Waals surface area contributed by atoms with Gasteiger partial charge in [0.15, 0.2) is 0 Å². The number of allylic oxidation sites excluding steroid dienone is 1. The molecule has 1 aliphatic rings. The van der Waals surface area contributed by atoms with E-state index in [9.17, 15) is 9.59 Å². The Morgan fingerprint density at radius 2 is 1.86 bits per heavy atom. The summed E-state index contributed by atoms with van der Waals surface area (Å²) in [6.07, 6.45) is 0. The van der Waals surface area contributed by atoms with Crippen molar-refractivity contribution in [1.82, 2.24) is 10.6 Å². The van der Waals surface area contributed by atoms with Gasteiger partial charge in [-0.05, 0) is 29.3 Å². The molecule has 0 bridgehead atoms. The van der Waals surface area contributed by atoms with Gasteiger partial charge in [0, 0.05) is 5.70 Å². The molecule has 0 spiro atoms. The average Bonchev–Trinajstić information content (AvgIpc) is 2.53. The van der Waals surface area contributed by atoms with E-state index < -0.39 is 12.0 Å². The monoisotopic (exact) mass is 296 g/mol. The van der Waals surface area contributed by atoms with E-state index in [1.165, 1.54) is 7.11 Å². The third-order valence-electron chi connectivity index (χ3n) is 3.78. The summed E-state index contributed by atoms with van der Waals surface area (Å²) in [5, 5.41) is 7.55. The van der Waals surface area contributed by atoms with Crippen LogP contribution < -0.4 is 10.6 Å². The molecule has 1 aliphatic heterocycles. The summed E-state index contributed by atoms with van der Waals surface area (Å²) in [5.74, 6) is -0.455. The smallest absolute Gasteiger partial charge is 0.337 e. The molecule has 0 unspecified atom stereocenters. The van der Waals surface area contributed by atoms with Crippen molar-refractivity contribution in [3.63, 3.8) is 0 Å². The van der Waals surface area contributed by atoms with Crippen molar-refractivity contribution in [2.45, 2.75) is 13.0 Å². The van der Waals surface area contributed by atoms with Crippen LogP contribution in [0, 0.1) is 0 Å². The van der Waals surface area contributed by atoms with E-state index in [1.807, 2.05) is 42.5 Å². The standard InChI is InChI=1S/C17H16N2O3/c1-10-14(16(20)22-2)15(19-17(21)18-10)13-8-7-11-5-3-4-6-12(11)9-13/h3-9,15H,1-2H3,(H2,18,19,21)/t15-/m0/s1. The highest BCUT2D eigenvalue weighted by Crippen LogP contribution is 2.29. The lowest BCUT2D eigenvalue weighted by Crippen LogP contribution is -2.45. The highest BCUT2D eigenvalue weighted by molar-refractivity contribution is 5.95. The summed E-state index contributed by atoms with van der Waals surface area (Å²) in [5.41, 5.74) is 1.76. The third kappa shape index (κ3) is 2.41. The molecule has 112 valence electrons. The van der Waals surface area contributed by atoms with Gasteiger partial charge in [-0.2, -0.15) is 0 Å². The van der Waals surface area contributed by atoms with E-state index in [0.29, 0.717) is 11.3 Å². The van der Waals surface area contributed by atoms with Crippen LogP contribution >= 0.6 is 0 Å². The van der Waals surface area contributed by atoms with Crippen molar-refractivity contribution in [3.05, 3.63) is 59.3 Å². The van der Waals surface area contributed by atoms with Gasteiger partial charge in [-0.3, -0.25) is 0 Å². The summed E-state index contributed by atoms with van der Waals surface area (Å²) in [4.78, 5) is 23.8. The number of methoxy groups -OCH3 is 1. The van der Waals surface area contributed by atoms with Crippen molar-refractivity contribution in [3.8, 4) is 0 Å². The molecule has 2 N–H and O–H groups in total. The Balaban J connectivity index is 2.11. The Morgan fingerprint density at radius 1 is 1.14 bits per heavy atom. The van der Waals surface area contributed by atoms with Crippen molar-refractivity contribution in [2.75, 3.05) is 7.11 Å². The summed E-state index contributed by atoms with van der Waals surface area (Å²) in [6.45, 7) is 1.69. The van der Waals surface area contributed by atoms with Crippen molar-refractivity contribution in [2.24, 2.45) is 0 Å². The molecule has 0 saturated heterocycles. The molecule has 0 radical (unpaired) electrons. The molecule has 1 atom stereocenters. The molecule has 0 aliphatic carbocycles. The first-order valence-electron chi connectivity index (χ1n) is 6.95. The molecular weight excluding hydrogens is 280 g/mol. The fourth-order valence-electron chi connectivity index (χ4n) is 2.71. The normalized spacial score (nSPS) is 17.9. The molecule has 2 amide bonds. The van der Waals surface area contributed by atoms with Gasteiger partial charge in [-0.15, -0.1) is 0 Å². The maximum atomic E-state index is 12.1. The number of esters is 1. The summed E-state index contributed by atoms with van der Waals surface area (Å²) < 4.78 is 4.85. The third-order valence-corrected chi connectivity index (χ3v) is 3.78. The molecule has 5 nitrogen and oxygen atoms in total. The maximum Gasteiger partial charge on any atom is 0.337 e. The van der Waals surface area contributed by atoms with Crippen LogP contribution in [0.1, 0.15) is 18.5 Å². The topological polar surface area (TPSA) is 67.4 Å². The average molecular weight is 296 g/mol. The molecule has 3 rings (SSSR count). The number of rotatable bonds is 2. The van der Waals surface area contributed by atoms with Gasteiger partial charge in [-0.1, -0.05) is 36.4 Å². The number of fused-ring (bicyclic) bond motifs is 1. The lowest BCUT2D eigenvalue weighted by atomic mass is 9.94. The fraction of sp³-hybridized carbons (Fsp3) is 0.176. The van der Waals surface area contributed by atoms with Crippen molar-refractivity contribution in [1.29, 1.82) is 0 Å². The highest BCUT2D eigenvalue weighted by Gasteiger charge is 2.31. The van der Waals surface area contributed by atoms with Crippen LogP contribution in [0.4, 0.5) is 4.79 Å². The van der Waals surface area contributed by atoms with Crippen LogP contribution in [0.5, 0.6) is 0 Å². The van der Waals surface area contributed by atoms with E-state index >= 15 is 0 Å². The lowest BCUT2D eigenvalue weighted by molar-refractivity contribution is -0.136. The molecule has 1 heterocycles. The first-order valence-corrected chi connectivity index (χ1v) is 6.95. The zero-order valence-electron chi connectivity index (χ0n) is 12.3. The largest absolute Gasteiger partial charge is 0.466 e. The van der Waals surface area contributed by atoms with E-state index in [0.717, 1.165) is 16.3 Å². The van der Waals surface area contributed by atoms with Crippen molar-refractivity contribution < 1.29 is 14.3 Å². The number of nitrogens with one attached hydrogen (secondary N) is 2. The predicted molar refractivity (Wildman–Crippen MR) is 83.1 cm³/mol. The van der Waals surface area contributed by atoms with Crippen LogP contribution in [0.15, 0.2) is 53.7 Å². The first-order chi connectivity index (χ1) is 10.6. The second kappa shape index (κ2) is 5.52. The van der Waals surface area contributed by atoms with Crippen LogP contribution in [0.2, 0.25) is 0 Å². The minimum absolute atomic E-state index is 0.330. The minimum Gasteiger partial charge on any atom is -0.466 e. The number of benzene rings is 2. The van der Waals surface area contributed by atoms with Gasteiger partial charge in [0.05, 0.1) is 18.7 Å². The van der Waals surface area contributed by atoms with Gasteiger partial charge < -0.3 is 15.4 Å². The van der Waals surface area contributed by atoms with Crippen LogP contribution in [0.25, 0.3) is 10.8 Å². The SMILES string of the molecule is COC(=O)C1=C(C)NC(=O)N[C@H]1c1ccc2ccccc2c1. The second-order valence-electron chi connectivity index (χ2n) is 5.17. The predicted octanol–water partition coefficient (Wildman–Crippen LogP) is 2.64. The number of carbonyl (C=O) groups excluding carboxylic acids is 2. The lowest BCUT2D eigenvalue weighted by Gasteiger charge is -2.28. The van der Waals surface area contributed by atoms with E-state index in [1.54, 1.807) is 6.92 Å². The molecule has 0 aromatic heterocycles. The van der Waals surface area contributed by atoms with Crippen LogP contribution in [0.3, 0.4) is 0 Å². The Kier molecular flexibility index (Phi) is 3.55. The number of ether oxygens (including phenoxy) is 1. The summed E-state index contributed by atoms with van der Waals surface area (Å²) in [6, 6.07) is 12.9. The molecule has 5 heteroatoms. The second-order valence-corrected chi connectivity index (χ2v) is 5.17. The summed E-state index contributed by atoms with van der Waals surface area (Å²) in [7, 11) is 1.33. The van der Waals surface area contributed by atoms with E-state index in [-0.39, 0.29) is 6.03 Å². The quantitative estimate of drug-likeness (QED) is 0.837. The van der Waals surface area contributed by atoms with Gasteiger partial charge in [-0.25, -0.2) is 9.59 Å². The summed E-state index contributed by atoms with van der Waals surface area (Å²) >= 11 is 0. The Labute approximate surface area is 128 Å². The van der Waals surface area contributed by atoms with E-state index in [2.05, 4.69) is 10.6 Å². The van der Waals surface area contributed by atoms with Gasteiger partial charge in [0.1, 0.15) is 0 Å².